The molecular weight excluding hydrogens is 320 g/mol. The number of rotatable bonds is 8. The second kappa shape index (κ2) is 8.73. The lowest BCUT2D eigenvalue weighted by Crippen LogP contribution is -2.15. The Labute approximate surface area is 147 Å². The lowest BCUT2D eigenvalue weighted by Gasteiger charge is -2.13. The number of aryl methyl sites for hydroxylation is 1. The maximum Gasteiger partial charge on any atom is 0.256 e. The molecule has 0 bridgehead atoms. The van der Waals surface area contributed by atoms with Crippen LogP contribution in [0.15, 0.2) is 24.4 Å². The first-order valence-electron chi connectivity index (χ1n) is 8.23. The molecule has 0 aliphatic rings. The van der Waals surface area contributed by atoms with Crippen molar-refractivity contribution < 1.29 is 14.3 Å². The average Bonchev–Trinajstić information content (AvgIpc) is 2.96. The third kappa shape index (κ3) is 4.51. The Morgan fingerprint density at radius 3 is 2.80 bits per heavy atom. The summed E-state index contributed by atoms with van der Waals surface area (Å²) < 4.78 is 12.7. The molecule has 7 nitrogen and oxygen atoms in total. The van der Waals surface area contributed by atoms with Crippen LogP contribution in [0.3, 0.4) is 0 Å². The normalized spacial score (nSPS) is 10.2. The summed E-state index contributed by atoms with van der Waals surface area (Å²) >= 11 is 0. The third-order valence-corrected chi connectivity index (χ3v) is 3.55. The summed E-state index contributed by atoms with van der Waals surface area (Å²) in [5.41, 5.74) is 0.719. The fraction of sp³-hybridized carbons (Fsp3) is 0.389. The maximum atomic E-state index is 12.5. The maximum absolute atomic E-state index is 12.5. The summed E-state index contributed by atoms with van der Waals surface area (Å²) in [5.74, 6) is 1.15. The predicted octanol–water partition coefficient (Wildman–Crippen LogP) is 3.12. The van der Waals surface area contributed by atoms with Crippen molar-refractivity contribution in [1.29, 1.82) is 5.26 Å². The number of aromatic nitrogens is 2. The van der Waals surface area contributed by atoms with Crippen LogP contribution < -0.4 is 14.8 Å². The molecule has 0 atom stereocenters. The van der Waals surface area contributed by atoms with Gasteiger partial charge in [0, 0.05) is 12.6 Å². The van der Waals surface area contributed by atoms with Crippen LogP contribution in [0, 0.1) is 11.3 Å². The zero-order chi connectivity index (χ0) is 18.2. The minimum absolute atomic E-state index is 0.306. The summed E-state index contributed by atoms with van der Waals surface area (Å²) in [4.78, 5) is 12.5. The fourth-order valence-electron chi connectivity index (χ4n) is 2.21. The van der Waals surface area contributed by atoms with Crippen LogP contribution in [0.4, 0.5) is 5.82 Å². The summed E-state index contributed by atoms with van der Waals surface area (Å²) in [6, 6.07) is 7.04. The number of nitrogens with zero attached hydrogens (tertiary/aromatic N) is 3. The Balaban J connectivity index is 2.20. The van der Waals surface area contributed by atoms with Gasteiger partial charge in [0.25, 0.3) is 5.91 Å². The molecule has 132 valence electrons. The van der Waals surface area contributed by atoms with Crippen molar-refractivity contribution in [3.8, 4) is 17.6 Å². The number of unbranched alkanes of at least 4 members (excludes halogenated alkanes) is 1. The van der Waals surface area contributed by atoms with Crippen LogP contribution in [0.5, 0.6) is 11.5 Å². The average molecular weight is 342 g/mol. The monoisotopic (exact) mass is 342 g/mol. The highest BCUT2D eigenvalue weighted by molar-refractivity contribution is 6.04. The van der Waals surface area contributed by atoms with Crippen molar-refractivity contribution >= 4 is 11.7 Å². The number of anilines is 1. The molecule has 1 amide bonds. The van der Waals surface area contributed by atoms with Crippen LogP contribution in [0.25, 0.3) is 0 Å². The highest BCUT2D eigenvalue weighted by atomic mass is 16.5. The second-order valence-corrected chi connectivity index (χ2v) is 5.39. The molecule has 1 heterocycles. The van der Waals surface area contributed by atoms with Crippen molar-refractivity contribution in [2.75, 3.05) is 18.5 Å². The van der Waals surface area contributed by atoms with E-state index in [1.54, 1.807) is 25.2 Å². The molecule has 0 unspecified atom stereocenters. The van der Waals surface area contributed by atoms with Gasteiger partial charge in [-0.2, -0.15) is 10.4 Å². The lowest BCUT2D eigenvalue weighted by atomic mass is 10.2. The molecule has 0 spiro atoms. The van der Waals surface area contributed by atoms with E-state index in [9.17, 15) is 4.79 Å². The van der Waals surface area contributed by atoms with E-state index in [1.807, 2.05) is 13.0 Å². The minimum Gasteiger partial charge on any atom is -0.490 e. The molecule has 1 aromatic carbocycles. The molecule has 0 saturated heterocycles. The van der Waals surface area contributed by atoms with E-state index in [4.69, 9.17) is 14.7 Å². The molecule has 2 aromatic rings. The van der Waals surface area contributed by atoms with Gasteiger partial charge in [0.15, 0.2) is 11.5 Å². The Hall–Kier alpha value is -3.01. The first kappa shape index (κ1) is 18.3. The molecular formula is C18H22N4O3. The van der Waals surface area contributed by atoms with E-state index in [2.05, 4.69) is 17.3 Å². The molecule has 7 heteroatoms. The van der Waals surface area contributed by atoms with Crippen LogP contribution in [-0.4, -0.2) is 28.9 Å². The summed E-state index contributed by atoms with van der Waals surface area (Å²) in [5, 5.41) is 15.8. The van der Waals surface area contributed by atoms with Crippen LogP contribution in [0.2, 0.25) is 0 Å². The summed E-state index contributed by atoms with van der Waals surface area (Å²) in [6.45, 7) is 5.03. The van der Waals surface area contributed by atoms with Gasteiger partial charge in [-0.3, -0.25) is 9.48 Å². The molecule has 1 aromatic heterocycles. The number of ether oxygens (including phenoxy) is 2. The van der Waals surface area contributed by atoms with Crippen LogP contribution in [-0.2, 0) is 7.05 Å². The van der Waals surface area contributed by atoms with Crippen molar-refractivity contribution in [3.63, 3.8) is 0 Å². The van der Waals surface area contributed by atoms with Gasteiger partial charge in [0.1, 0.15) is 17.5 Å². The van der Waals surface area contributed by atoms with E-state index >= 15 is 0 Å². The Morgan fingerprint density at radius 2 is 2.12 bits per heavy atom. The highest BCUT2D eigenvalue weighted by Gasteiger charge is 2.15. The number of nitriles is 1. The van der Waals surface area contributed by atoms with Gasteiger partial charge < -0.3 is 14.8 Å². The Morgan fingerprint density at radius 1 is 1.32 bits per heavy atom. The van der Waals surface area contributed by atoms with Crippen molar-refractivity contribution in [2.24, 2.45) is 7.05 Å². The largest absolute Gasteiger partial charge is 0.490 e. The predicted molar refractivity (Wildman–Crippen MR) is 93.9 cm³/mol. The van der Waals surface area contributed by atoms with Crippen molar-refractivity contribution in [2.45, 2.75) is 26.7 Å². The standard InChI is InChI=1S/C18H22N4O3/c1-4-6-9-25-15-8-7-13(10-16(15)24-5-2)18(23)21-17-14(11-19)12-20-22(17)3/h7-8,10,12H,4-6,9H2,1-3H3,(H,21,23). The molecule has 0 radical (unpaired) electrons. The van der Waals surface area contributed by atoms with E-state index < -0.39 is 0 Å². The number of nitrogens with one attached hydrogen (secondary N) is 1. The smallest absolute Gasteiger partial charge is 0.256 e. The molecule has 0 aliphatic carbocycles. The first-order valence-corrected chi connectivity index (χ1v) is 8.23. The lowest BCUT2D eigenvalue weighted by molar-refractivity contribution is 0.102. The molecule has 0 aliphatic heterocycles. The Bertz CT molecular complexity index is 777. The number of carbonyl (C=O) groups is 1. The van der Waals surface area contributed by atoms with Gasteiger partial charge in [0.05, 0.1) is 19.4 Å². The number of amides is 1. The van der Waals surface area contributed by atoms with E-state index in [0.717, 1.165) is 12.8 Å². The molecule has 0 fully saturated rings. The SMILES string of the molecule is CCCCOc1ccc(C(=O)Nc2c(C#N)cnn2C)cc1OCC. The van der Waals surface area contributed by atoms with Crippen LogP contribution >= 0.6 is 0 Å². The van der Waals surface area contributed by atoms with E-state index in [-0.39, 0.29) is 5.91 Å². The van der Waals surface area contributed by atoms with Gasteiger partial charge >= 0.3 is 0 Å². The van der Waals surface area contributed by atoms with Crippen molar-refractivity contribution in [1.82, 2.24) is 9.78 Å². The number of benzene rings is 1. The van der Waals surface area contributed by atoms with Gasteiger partial charge in [-0.05, 0) is 31.5 Å². The highest BCUT2D eigenvalue weighted by Crippen LogP contribution is 2.29. The fourth-order valence-corrected chi connectivity index (χ4v) is 2.21. The number of hydrogen-bond donors (Lipinski definition) is 1. The van der Waals surface area contributed by atoms with Gasteiger partial charge in [0.2, 0.25) is 0 Å². The molecule has 0 saturated carbocycles. The first-order chi connectivity index (χ1) is 12.1. The van der Waals surface area contributed by atoms with Gasteiger partial charge in [-0.25, -0.2) is 0 Å². The van der Waals surface area contributed by atoms with E-state index in [1.165, 1.54) is 10.9 Å². The van der Waals surface area contributed by atoms with E-state index in [0.29, 0.717) is 41.7 Å². The van der Waals surface area contributed by atoms with Gasteiger partial charge in [-0.1, -0.05) is 13.3 Å². The van der Waals surface area contributed by atoms with Gasteiger partial charge in [-0.15, -0.1) is 0 Å². The topological polar surface area (TPSA) is 89.2 Å². The zero-order valence-electron chi connectivity index (χ0n) is 14.7. The molecule has 25 heavy (non-hydrogen) atoms. The minimum atomic E-state index is -0.346. The molecule has 2 rings (SSSR count). The number of hydrogen-bond acceptors (Lipinski definition) is 5. The molecule has 1 N–H and O–H groups in total. The Kier molecular flexibility index (Phi) is 6.40. The quantitative estimate of drug-likeness (QED) is 0.745. The third-order valence-electron chi connectivity index (χ3n) is 3.55. The summed E-state index contributed by atoms with van der Waals surface area (Å²) in [6.07, 6.45) is 3.40. The number of carbonyl (C=O) groups excluding carboxylic acids is 1. The summed E-state index contributed by atoms with van der Waals surface area (Å²) in [7, 11) is 1.66. The second-order valence-electron chi connectivity index (χ2n) is 5.39. The van der Waals surface area contributed by atoms with Crippen molar-refractivity contribution in [3.05, 3.63) is 35.5 Å². The zero-order valence-corrected chi connectivity index (χ0v) is 14.7. The van der Waals surface area contributed by atoms with Crippen LogP contribution in [0.1, 0.15) is 42.6 Å².